The third-order valence-electron chi connectivity index (χ3n) is 2.76. The van der Waals surface area contributed by atoms with Gasteiger partial charge in [0.2, 0.25) is 0 Å². The summed E-state index contributed by atoms with van der Waals surface area (Å²) in [5, 5.41) is 9.16. The zero-order valence-electron chi connectivity index (χ0n) is 10.9. The minimum Gasteiger partial charge on any atom is -0.493 e. The fraction of sp³-hybridized carbons (Fsp3) is 0.200. The SMILES string of the molecule is CCOc1ccccc1-c1cc(C)[nH]c(=O)c1C#N. The lowest BCUT2D eigenvalue weighted by atomic mass is 10.0. The molecule has 0 radical (unpaired) electrons. The molecule has 0 fully saturated rings. The van der Waals surface area contributed by atoms with Crippen molar-refractivity contribution in [1.29, 1.82) is 5.26 Å². The summed E-state index contributed by atoms with van der Waals surface area (Å²) in [6, 6.07) is 11.1. The maximum atomic E-state index is 11.8. The van der Waals surface area contributed by atoms with Gasteiger partial charge >= 0.3 is 0 Å². The molecule has 0 aliphatic carbocycles. The number of nitrogens with one attached hydrogen (secondary N) is 1. The molecule has 1 aromatic carbocycles. The van der Waals surface area contributed by atoms with E-state index < -0.39 is 0 Å². The number of aromatic nitrogens is 1. The van der Waals surface area contributed by atoms with E-state index in [1.54, 1.807) is 13.0 Å². The van der Waals surface area contributed by atoms with Crippen LogP contribution in [0.25, 0.3) is 11.1 Å². The molecule has 1 N–H and O–H groups in total. The van der Waals surface area contributed by atoms with Gasteiger partial charge in [0.1, 0.15) is 17.4 Å². The minimum absolute atomic E-state index is 0.109. The van der Waals surface area contributed by atoms with Gasteiger partial charge in [0, 0.05) is 16.8 Å². The van der Waals surface area contributed by atoms with E-state index in [4.69, 9.17) is 10.00 Å². The Balaban J connectivity index is 2.72. The Labute approximate surface area is 111 Å². The molecule has 0 aliphatic heterocycles. The van der Waals surface area contributed by atoms with E-state index in [1.807, 2.05) is 37.3 Å². The van der Waals surface area contributed by atoms with E-state index in [2.05, 4.69) is 4.98 Å². The van der Waals surface area contributed by atoms with E-state index in [0.717, 1.165) is 5.56 Å². The Bertz CT molecular complexity index is 696. The van der Waals surface area contributed by atoms with Crippen LogP contribution in [0.2, 0.25) is 0 Å². The van der Waals surface area contributed by atoms with Crippen LogP contribution in [0.5, 0.6) is 5.75 Å². The quantitative estimate of drug-likeness (QED) is 0.915. The van der Waals surface area contributed by atoms with Gasteiger partial charge in [-0.15, -0.1) is 0 Å². The van der Waals surface area contributed by atoms with Gasteiger partial charge in [-0.3, -0.25) is 4.79 Å². The molecule has 0 bridgehead atoms. The Hall–Kier alpha value is -2.54. The number of nitriles is 1. The minimum atomic E-state index is -0.371. The summed E-state index contributed by atoms with van der Waals surface area (Å²) in [6.45, 7) is 4.21. The van der Waals surface area contributed by atoms with Crippen LogP contribution in [0, 0.1) is 18.3 Å². The first kappa shape index (κ1) is 12.9. The van der Waals surface area contributed by atoms with E-state index in [-0.39, 0.29) is 11.1 Å². The van der Waals surface area contributed by atoms with Crippen LogP contribution in [-0.4, -0.2) is 11.6 Å². The maximum Gasteiger partial charge on any atom is 0.266 e. The van der Waals surface area contributed by atoms with Gasteiger partial charge in [0.25, 0.3) is 5.56 Å². The smallest absolute Gasteiger partial charge is 0.266 e. The van der Waals surface area contributed by atoms with E-state index in [9.17, 15) is 4.79 Å². The van der Waals surface area contributed by atoms with Crippen molar-refractivity contribution in [3.05, 3.63) is 51.9 Å². The van der Waals surface area contributed by atoms with Gasteiger partial charge < -0.3 is 9.72 Å². The van der Waals surface area contributed by atoms with Crippen molar-refractivity contribution < 1.29 is 4.74 Å². The van der Waals surface area contributed by atoms with Crippen LogP contribution in [0.3, 0.4) is 0 Å². The number of hydrogen-bond donors (Lipinski definition) is 1. The molecule has 1 heterocycles. The first-order valence-corrected chi connectivity index (χ1v) is 6.03. The molecule has 96 valence electrons. The van der Waals surface area contributed by atoms with Crippen LogP contribution in [0.1, 0.15) is 18.2 Å². The normalized spacial score (nSPS) is 9.95. The van der Waals surface area contributed by atoms with Crippen LogP contribution in [0.15, 0.2) is 35.1 Å². The van der Waals surface area contributed by atoms with Gasteiger partial charge in [-0.2, -0.15) is 5.26 Å². The highest BCUT2D eigenvalue weighted by atomic mass is 16.5. The molecule has 4 heteroatoms. The topological polar surface area (TPSA) is 65.9 Å². The van der Waals surface area contributed by atoms with E-state index in [0.29, 0.717) is 23.6 Å². The zero-order chi connectivity index (χ0) is 13.8. The average Bonchev–Trinajstić information content (AvgIpc) is 2.39. The largest absolute Gasteiger partial charge is 0.493 e. The summed E-state index contributed by atoms with van der Waals surface area (Å²) < 4.78 is 5.55. The fourth-order valence-electron chi connectivity index (χ4n) is 1.98. The first-order chi connectivity index (χ1) is 9.17. The highest BCUT2D eigenvalue weighted by Gasteiger charge is 2.13. The first-order valence-electron chi connectivity index (χ1n) is 6.03. The van der Waals surface area contributed by atoms with E-state index >= 15 is 0 Å². The second-order valence-corrected chi connectivity index (χ2v) is 4.11. The molecule has 0 unspecified atom stereocenters. The van der Waals surface area contributed by atoms with Crippen LogP contribution >= 0.6 is 0 Å². The van der Waals surface area contributed by atoms with Crippen LogP contribution in [-0.2, 0) is 0 Å². The Morgan fingerprint density at radius 1 is 1.32 bits per heavy atom. The second-order valence-electron chi connectivity index (χ2n) is 4.11. The van der Waals surface area contributed by atoms with Crippen molar-refractivity contribution in [1.82, 2.24) is 4.98 Å². The summed E-state index contributed by atoms with van der Waals surface area (Å²) in [5.74, 6) is 0.673. The number of H-pyrrole nitrogens is 1. The molecule has 0 aliphatic rings. The Morgan fingerprint density at radius 2 is 2.05 bits per heavy atom. The molecular weight excluding hydrogens is 240 g/mol. The van der Waals surface area contributed by atoms with Crippen LogP contribution < -0.4 is 10.3 Å². The molecule has 0 atom stereocenters. The molecule has 0 saturated heterocycles. The number of rotatable bonds is 3. The Morgan fingerprint density at radius 3 is 2.74 bits per heavy atom. The molecule has 2 aromatic rings. The fourth-order valence-corrected chi connectivity index (χ4v) is 1.98. The van der Waals surface area contributed by atoms with Gasteiger partial charge in [-0.1, -0.05) is 18.2 Å². The predicted molar refractivity (Wildman–Crippen MR) is 73.1 cm³/mol. The monoisotopic (exact) mass is 254 g/mol. The summed E-state index contributed by atoms with van der Waals surface area (Å²) in [5.41, 5.74) is 1.81. The summed E-state index contributed by atoms with van der Waals surface area (Å²) >= 11 is 0. The summed E-state index contributed by atoms with van der Waals surface area (Å²) in [6.07, 6.45) is 0. The zero-order valence-corrected chi connectivity index (χ0v) is 10.9. The lowest BCUT2D eigenvalue weighted by Crippen LogP contribution is -2.13. The summed E-state index contributed by atoms with van der Waals surface area (Å²) in [7, 11) is 0. The van der Waals surface area contributed by atoms with Crippen LogP contribution in [0.4, 0.5) is 0 Å². The Kier molecular flexibility index (Phi) is 3.67. The number of ether oxygens (including phenoxy) is 1. The van der Waals surface area contributed by atoms with Gasteiger partial charge in [0.05, 0.1) is 6.61 Å². The maximum absolute atomic E-state index is 11.8. The van der Waals surface area contributed by atoms with Crippen molar-refractivity contribution in [2.75, 3.05) is 6.61 Å². The van der Waals surface area contributed by atoms with E-state index in [1.165, 1.54) is 0 Å². The van der Waals surface area contributed by atoms with Crippen molar-refractivity contribution in [3.63, 3.8) is 0 Å². The lowest BCUT2D eigenvalue weighted by Gasteiger charge is -2.11. The number of aryl methyl sites for hydroxylation is 1. The van der Waals surface area contributed by atoms with Crippen molar-refractivity contribution in [2.24, 2.45) is 0 Å². The third-order valence-corrected chi connectivity index (χ3v) is 2.76. The number of nitrogens with zero attached hydrogens (tertiary/aromatic N) is 1. The second kappa shape index (κ2) is 5.40. The van der Waals surface area contributed by atoms with Gasteiger partial charge in [-0.25, -0.2) is 0 Å². The number of pyridine rings is 1. The third kappa shape index (κ3) is 2.50. The highest BCUT2D eigenvalue weighted by molar-refractivity contribution is 5.75. The molecule has 1 aromatic heterocycles. The molecule has 4 nitrogen and oxygen atoms in total. The number of aromatic amines is 1. The van der Waals surface area contributed by atoms with Crippen molar-refractivity contribution in [3.8, 4) is 22.9 Å². The molecule has 19 heavy (non-hydrogen) atoms. The average molecular weight is 254 g/mol. The van der Waals surface area contributed by atoms with Crippen molar-refractivity contribution in [2.45, 2.75) is 13.8 Å². The highest BCUT2D eigenvalue weighted by Crippen LogP contribution is 2.31. The van der Waals surface area contributed by atoms with Gasteiger partial charge in [0.15, 0.2) is 0 Å². The molecule has 0 amide bonds. The molecular formula is C15H14N2O2. The number of benzene rings is 1. The van der Waals surface area contributed by atoms with Gasteiger partial charge in [-0.05, 0) is 26.0 Å². The molecule has 0 saturated carbocycles. The number of hydrogen-bond acceptors (Lipinski definition) is 3. The number of para-hydroxylation sites is 1. The molecule has 2 rings (SSSR count). The lowest BCUT2D eigenvalue weighted by molar-refractivity contribution is 0.341. The van der Waals surface area contributed by atoms with Crippen molar-refractivity contribution >= 4 is 0 Å². The predicted octanol–water partition coefficient (Wildman–Crippen LogP) is 2.62. The summed E-state index contributed by atoms with van der Waals surface area (Å²) in [4.78, 5) is 14.4. The molecule has 0 spiro atoms. The standard InChI is InChI=1S/C15H14N2O2/c1-3-19-14-7-5-4-6-11(14)12-8-10(2)17-15(18)13(12)9-16/h4-8H,3H2,1-2H3,(H,17,18).